The van der Waals surface area contributed by atoms with Crippen LogP contribution >= 0.6 is 0 Å². The molecule has 0 N–H and O–H groups in total. The Morgan fingerprint density at radius 3 is 2.15 bits per heavy atom. The van der Waals surface area contributed by atoms with Crippen molar-refractivity contribution in [3.05, 3.63) is 29.3 Å². The molecule has 0 amide bonds. The monoisotopic (exact) mass is 391 g/mol. The predicted octanol–water partition coefficient (Wildman–Crippen LogP) is 0.726. The van der Waals surface area contributed by atoms with Crippen LogP contribution in [0.3, 0.4) is 0 Å². The molecule has 8 nitrogen and oxygen atoms in total. The molecule has 0 unspecified atom stereocenters. The van der Waals surface area contributed by atoms with Gasteiger partial charge in [-0.1, -0.05) is 0 Å². The zero-order valence-corrected chi connectivity index (χ0v) is 15.0. The van der Waals surface area contributed by atoms with Crippen LogP contribution in [0.4, 0.5) is 8.78 Å². The molecule has 0 aromatic heterocycles. The summed E-state index contributed by atoms with van der Waals surface area (Å²) in [5.41, 5.74) is -0.365. The molecule has 27 heavy (non-hydrogen) atoms. The highest BCUT2D eigenvalue weighted by molar-refractivity contribution is 5.83. The molecule has 0 bridgehead atoms. The maximum absolute atomic E-state index is 14.3. The molecule has 1 rings (SSSR count). The number of aliphatic carboxylic acids is 1. The number of hydrogen-bond acceptors (Lipinski definition) is 8. The minimum absolute atomic E-state index is 0.184. The lowest BCUT2D eigenvalue weighted by Crippen LogP contribution is -2.18. The van der Waals surface area contributed by atoms with E-state index in [0.29, 0.717) is 19.3 Å². The summed E-state index contributed by atoms with van der Waals surface area (Å²) in [7, 11) is 2.97. The summed E-state index contributed by atoms with van der Waals surface area (Å²) in [5, 5.41) is 10.5. The molecule has 1 aromatic carbocycles. The minimum Gasteiger partial charge on any atom is -0.545 e. The van der Waals surface area contributed by atoms with Gasteiger partial charge < -0.3 is 38.3 Å². The van der Waals surface area contributed by atoms with Crippen LogP contribution in [0.1, 0.15) is 5.56 Å². The third kappa shape index (κ3) is 8.31. The molecule has 0 atom stereocenters. The summed E-state index contributed by atoms with van der Waals surface area (Å²) in [6, 6.07) is 1.07. The Kier molecular flexibility index (Phi) is 10.9. The number of ether oxygens (including phenoxy) is 6. The summed E-state index contributed by atoms with van der Waals surface area (Å²) in [4.78, 5) is 10.5. The van der Waals surface area contributed by atoms with Crippen molar-refractivity contribution in [1.82, 2.24) is 0 Å². The zero-order valence-electron chi connectivity index (χ0n) is 15.0. The van der Waals surface area contributed by atoms with Crippen LogP contribution in [0.5, 0.6) is 11.5 Å². The van der Waals surface area contributed by atoms with E-state index in [2.05, 4.69) is 0 Å². The first-order valence-corrected chi connectivity index (χ1v) is 7.81. The van der Waals surface area contributed by atoms with Gasteiger partial charge in [-0.15, -0.1) is 0 Å². The minimum atomic E-state index is -1.56. The molecule has 0 aliphatic rings. The number of benzene rings is 1. The number of methoxy groups -OCH3 is 2. The Morgan fingerprint density at radius 1 is 1.00 bits per heavy atom. The average molecular weight is 391 g/mol. The quantitative estimate of drug-likeness (QED) is 0.260. The summed E-state index contributed by atoms with van der Waals surface area (Å²) in [6.45, 7) is 0.340. The second-order valence-electron chi connectivity index (χ2n) is 4.90. The molecule has 0 radical (unpaired) electrons. The van der Waals surface area contributed by atoms with E-state index in [9.17, 15) is 18.7 Å². The van der Waals surface area contributed by atoms with Gasteiger partial charge in [0.25, 0.3) is 0 Å². The fourth-order valence-corrected chi connectivity index (χ4v) is 1.73. The molecule has 0 fully saturated rings. The van der Waals surface area contributed by atoms with E-state index in [1.165, 1.54) is 14.2 Å². The maximum Gasteiger partial charge on any atom is 0.205 e. The van der Waals surface area contributed by atoms with Crippen LogP contribution in [-0.2, 0) is 23.7 Å². The second-order valence-corrected chi connectivity index (χ2v) is 4.90. The molecule has 0 saturated carbocycles. The summed E-state index contributed by atoms with van der Waals surface area (Å²) in [5.74, 6) is -4.97. The number of carboxylic acids is 1. The van der Waals surface area contributed by atoms with Crippen molar-refractivity contribution in [2.75, 3.05) is 54.2 Å². The smallest absolute Gasteiger partial charge is 0.205 e. The first kappa shape index (κ1) is 22.8. The van der Waals surface area contributed by atoms with Gasteiger partial charge in [0.05, 0.1) is 32.4 Å². The molecule has 1 aromatic rings. The summed E-state index contributed by atoms with van der Waals surface area (Å²) in [6.07, 6.45) is 1.40. The Hall–Kier alpha value is -2.27. The normalized spacial score (nSPS) is 11.1. The lowest BCUT2D eigenvalue weighted by Gasteiger charge is -2.15. The SMILES string of the molecule is COCCOCOc1cc(C=CC(=O)[O-])c(F)c(F)c1OCOCCOC. The van der Waals surface area contributed by atoms with Gasteiger partial charge in [-0.05, 0) is 18.2 Å². The standard InChI is InChI=1S/C17H22F2O8/c1-22-5-7-24-10-26-13-9-12(3-4-14(20)21)15(18)16(19)17(13)27-11-25-8-6-23-2/h3-4,9H,5-8,10-11H2,1-2H3,(H,20,21)/p-1. The Morgan fingerprint density at radius 2 is 1.59 bits per heavy atom. The van der Waals surface area contributed by atoms with Crippen molar-refractivity contribution < 1.29 is 47.1 Å². The lowest BCUT2D eigenvalue weighted by atomic mass is 10.1. The van der Waals surface area contributed by atoms with E-state index < -0.39 is 23.4 Å². The Labute approximate surface area is 155 Å². The summed E-state index contributed by atoms with van der Waals surface area (Å²) < 4.78 is 58.6. The summed E-state index contributed by atoms with van der Waals surface area (Å²) >= 11 is 0. The van der Waals surface area contributed by atoms with E-state index in [4.69, 9.17) is 28.4 Å². The lowest BCUT2D eigenvalue weighted by molar-refractivity contribution is -0.297. The van der Waals surface area contributed by atoms with Crippen LogP contribution < -0.4 is 14.6 Å². The van der Waals surface area contributed by atoms with Crippen LogP contribution in [0.25, 0.3) is 6.08 Å². The van der Waals surface area contributed by atoms with E-state index in [1.54, 1.807) is 0 Å². The van der Waals surface area contributed by atoms with E-state index in [-0.39, 0.29) is 38.1 Å². The molecule has 0 saturated heterocycles. The predicted molar refractivity (Wildman–Crippen MR) is 87.0 cm³/mol. The van der Waals surface area contributed by atoms with E-state index in [0.717, 1.165) is 12.1 Å². The molecule has 0 heterocycles. The van der Waals surface area contributed by atoms with Gasteiger partial charge >= 0.3 is 0 Å². The molecule has 0 aliphatic heterocycles. The van der Waals surface area contributed by atoms with Crippen molar-refractivity contribution >= 4 is 12.0 Å². The van der Waals surface area contributed by atoms with Crippen molar-refractivity contribution in [3.8, 4) is 11.5 Å². The number of carbonyl (C=O) groups excluding carboxylic acids is 1. The van der Waals surface area contributed by atoms with E-state index >= 15 is 0 Å². The number of hydrogen-bond donors (Lipinski definition) is 0. The van der Waals surface area contributed by atoms with Gasteiger partial charge in [0.1, 0.15) is 0 Å². The van der Waals surface area contributed by atoms with Gasteiger partial charge in [0.2, 0.25) is 11.6 Å². The molecular weight excluding hydrogens is 370 g/mol. The second kappa shape index (κ2) is 13.0. The zero-order chi connectivity index (χ0) is 20.1. The van der Waals surface area contributed by atoms with Gasteiger partial charge in [-0.3, -0.25) is 0 Å². The fraction of sp³-hybridized carbons (Fsp3) is 0.471. The van der Waals surface area contributed by atoms with Crippen LogP contribution in [0.15, 0.2) is 12.1 Å². The third-order valence-electron chi connectivity index (χ3n) is 3.00. The highest BCUT2D eigenvalue weighted by Gasteiger charge is 2.20. The van der Waals surface area contributed by atoms with E-state index in [1.807, 2.05) is 0 Å². The Bertz CT molecular complexity index is 621. The molecule has 10 heteroatoms. The van der Waals surface area contributed by atoms with Gasteiger partial charge in [0.15, 0.2) is 25.2 Å². The van der Waals surface area contributed by atoms with Crippen molar-refractivity contribution in [2.24, 2.45) is 0 Å². The Balaban J connectivity index is 2.94. The highest BCUT2D eigenvalue weighted by atomic mass is 19.2. The van der Waals surface area contributed by atoms with Crippen LogP contribution in [0.2, 0.25) is 0 Å². The number of rotatable bonds is 14. The third-order valence-corrected chi connectivity index (χ3v) is 3.00. The number of carbonyl (C=O) groups is 1. The van der Waals surface area contributed by atoms with Gasteiger partial charge in [-0.25, -0.2) is 4.39 Å². The molecule has 0 aliphatic carbocycles. The van der Waals surface area contributed by atoms with Crippen LogP contribution in [0, 0.1) is 11.6 Å². The first-order valence-electron chi connectivity index (χ1n) is 7.81. The topological polar surface area (TPSA) is 95.5 Å². The van der Waals surface area contributed by atoms with Gasteiger partial charge in [-0.2, -0.15) is 4.39 Å². The fourth-order valence-electron chi connectivity index (χ4n) is 1.73. The highest BCUT2D eigenvalue weighted by Crippen LogP contribution is 2.35. The largest absolute Gasteiger partial charge is 0.545 e. The van der Waals surface area contributed by atoms with Crippen LogP contribution in [-0.4, -0.2) is 60.2 Å². The van der Waals surface area contributed by atoms with Crippen molar-refractivity contribution in [1.29, 1.82) is 0 Å². The molecule has 0 spiro atoms. The average Bonchev–Trinajstić information content (AvgIpc) is 2.64. The number of halogens is 2. The molecule has 152 valence electrons. The first-order chi connectivity index (χ1) is 13.0. The van der Waals surface area contributed by atoms with Crippen molar-refractivity contribution in [3.63, 3.8) is 0 Å². The molecular formula is C17H21F2O8-. The van der Waals surface area contributed by atoms with Gasteiger partial charge in [0, 0.05) is 19.8 Å². The number of carboxylic acid groups (broad SMARTS) is 1. The maximum atomic E-state index is 14.3. The van der Waals surface area contributed by atoms with Crippen molar-refractivity contribution in [2.45, 2.75) is 0 Å².